The van der Waals surface area contributed by atoms with Crippen LogP contribution in [0.5, 0.6) is 0 Å². The van der Waals surface area contributed by atoms with E-state index in [0.717, 1.165) is 0 Å². The summed E-state index contributed by atoms with van der Waals surface area (Å²) >= 11 is 0. The zero-order valence-corrected chi connectivity index (χ0v) is 10.8. The van der Waals surface area contributed by atoms with E-state index in [0.29, 0.717) is 0 Å². The van der Waals surface area contributed by atoms with E-state index >= 15 is 0 Å². The number of hydrogen-bond acceptors (Lipinski definition) is 6. The molecule has 19 heavy (non-hydrogen) atoms. The lowest BCUT2D eigenvalue weighted by Gasteiger charge is -2.32. The maximum Gasteiger partial charge on any atom is 0.265 e. The fourth-order valence-electron chi connectivity index (χ4n) is 3.00. The summed E-state index contributed by atoms with van der Waals surface area (Å²) in [5.41, 5.74) is 1.50. The molecule has 1 rings (SSSR count). The van der Waals surface area contributed by atoms with Crippen molar-refractivity contribution >= 4 is 0 Å². The molecule has 0 aliphatic heterocycles. The molecule has 2 atom stereocenters. The van der Waals surface area contributed by atoms with Crippen LogP contribution in [0, 0.1) is 61.4 Å². The first-order valence-corrected chi connectivity index (χ1v) is 5.61. The van der Waals surface area contributed by atoms with E-state index in [1.807, 2.05) is 0 Å². The van der Waals surface area contributed by atoms with Gasteiger partial charge in [-0.25, -0.2) is 0 Å². The van der Waals surface area contributed by atoms with Crippen LogP contribution in [-0.2, 0) is 0 Å². The Morgan fingerprint density at radius 3 is 2.11 bits per heavy atom. The van der Waals surface area contributed by atoms with Gasteiger partial charge >= 0.3 is 0 Å². The Morgan fingerprint density at radius 2 is 1.84 bits per heavy atom. The van der Waals surface area contributed by atoms with Gasteiger partial charge in [0.2, 0.25) is 0 Å². The lowest BCUT2D eigenvalue weighted by molar-refractivity contribution is -0.566. The zero-order valence-electron chi connectivity index (χ0n) is 10.8. The molecule has 0 saturated heterocycles. The summed E-state index contributed by atoms with van der Waals surface area (Å²) < 4.78 is 0. The van der Waals surface area contributed by atoms with Gasteiger partial charge in [0.05, 0.1) is 29.7 Å². The Bertz CT molecular complexity index is 573. The van der Waals surface area contributed by atoms with Crippen molar-refractivity contribution in [3.63, 3.8) is 0 Å². The molecule has 0 aromatic carbocycles. The van der Waals surface area contributed by atoms with E-state index in [1.54, 1.807) is 32.1 Å². The molecule has 98 valence electrons. The van der Waals surface area contributed by atoms with Gasteiger partial charge in [0.1, 0.15) is 5.70 Å². The predicted molar refractivity (Wildman–Crippen MR) is 64.2 cm³/mol. The number of nitrogens with two attached hydrogens (primary N) is 1. The van der Waals surface area contributed by atoms with E-state index in [1.165, 1.54) is 6.92 Å². The molecular formula is C12H13N5O2. The van der Waals surface area contributed by atoms with E-state index in [4.69, 9.17) is 11.0 Å². The van der Waals surface area contributed by atoms with Gasteiger partial charge in [-0.3, -0.25) is 10.1 Å². The van der Waals surface area contributed by atoms with Crippen LogP contribution in [0.15, 0.2) is 11.3 Å². The SMILES string of the molecule is CC(C)[C@H]1C(C#N)(C#N)C(C#N)=C(N)[C@]1(C)[N+](=O)[O-]. The second-order valence-electron chi connectivity index (χ2n) is 5.06. The zero-order chi connectivity index (χ0) is 15.0. The van der Waals surface area contributed by atoms with Crippen LogP contribution in [0.3, 0.4) is 0 Å². The Kier molecular flexibility index (Phi) is 3.24. The molecule has 0 spiro atoms. The van der Waals surface area contributed by atoms with Crippen LogP contribution >= 0.6 is 0 Å². The summed E-state index contributed by atoms with van der Waals surface area (Å²) in [7, 11) is 0. The Morgan fingerprint density at radius 1 is 1.37 bits per heavy atom. The maximum atomic E-state index is 11.4. The number of nitriles is 3. The molecule has 0 radical (unpaired) electrons. The van der Waals surface area contributed by atoms with Crippen molar-refractivity contribution in [2.75, 3.05) is 0 Å². The smallest absolute Gasteiger partial charge is 0.265 e. The van der Waals surface area contributed by atoms with Gasteiger partial charge in [-0.05, 0) is 5.92 Å². The lowest BCUT2D eigenvalue weighted by Crippen LogP contribution is -2.50. The summed E-state index contributed by atoms with van der Waals surface area (Å²) in [6.45, 7) is 4.60. The Balaban J connectivity index is 3.80. The molecule has 7 heteroatoms. The second-order valence-corrected chi connectivity index (χ2v) is 5.06. The summed E-state index contributed by atoms with van der Waals surface area (Å²) in [6.07, 6.45) is 0. The molecule has 0 fully saturated rings. The van der Waals surface area contributed by atoms with Gasteiger partial charge in [-0.1, -0.05) is 13.8 Å². The molecule has 1 aliphatic rings. The number of nitro groups is 1. The average Bonchev–Trinajstić information content (AvgIpc) is 2.56. The topological polar surface area (TPSA) is 141 Å². The van der Waals surface area contributed by atoms with Crippen molar-refractivity contribution < 1.29 is 4.92 Å². The minimum atomic E-state index is -1.87. The largest absolute Gasteiger partial charge is 0.395 e. The first kappa shape index (κ1) is 14.5. The molecule has 2 N–H and O–H groups in total. The second kappa shape index (κ2) is 4.26. The van der Waals surface area contributed by atoms with Crippen molar-refractivity contribution in [1.29, 1.82) is 15.8 Å². The number of nitrogens with zero attached hydrogens (tertiary/aromatic N) is 4. The van der Waals surface area contributed by atoms with Crippen LogP contribution in [0.4, 0.5) is 0 Å². The summed E-state index contributed by atoms with van der Waals surface area (Å²) in [5, 5.41) is 39.2. The average molecular weight is 259 g/mol. The normalized spacial score (nSPS) is 28.6. The first-order valence-electron chi connectivity index (χ1n) is 5.61. The van der Waals surface area contributed by atoms with Gasteiger partial charge in [0.25, 0.3) is 5.54 Å². The minimum Gasteiger partial charge on any atom is -0.395 e. The predicted octanol–water partition coefficient (Wildman–Crippen LogP) is 1.08. The fourth-order valence-corrected chi connectivity index (χ4v) is 3.00. The van der Waals surface area contributed by atoms with Crippen LogP contribution < -0.4 is 5.73 Å². The van der Waals surface area contributed by atoms with E-state index in [2.05, 4.69) is 0 Å². The van der Waals surface area contributed by atoms with Crippen LogP contribution in [0.25, 0.3) is 0 Å². The monoisotopic (exact) mass is 259 g/mol. The van der Waals surface area contributed by atoms with E-state index in [-0.39, 0.29) is 17.2 Å². The molecule has 1 aliphatic carbocycles. The lowest BCUT2D eigenvalue weighted by atomic mass is 9.66. The highest BCUT2D eigenvalue weighted by atomic mass is 16.6. The highest BCUT2D eigenvalue weighted by molar-refractivity contribution is 5.54. The molecule has 0 heterocycles. The van der Waals surface area contributed by atoms with Gasteiger partial charge in [-0.15, -0.1) is 0 Å². The third-order valence-corrected chi connectivity index (χ3v) is 3.79. The minimum absolute atomic E-state index is 0.290. The van der Waals surface area contributed by atoms with Crippen molar-refractivity contribution in [1.82, 2.24) is 0 Å². The van der Waals surface area contributed by atoms with Crippen LogP contribution in [0.2, 0.25) is 0 Å². The Labute approximate surface area is 110 Å². The number of rotatable bonds is 2. The fraction of sp³-hybridized carbons (Fsp3) is 0.583. The molecular weight excluding hydrogens is 246 g/mol. The Hall–Kier alpha value is -2.59. The maximum absolute atomic E-state index is 11.4. The van der Waals surface area contributed by atoms with Gasteiger partial charge in [-0.2, -0.15) is 15.8 Å². The molecule has 0 unspecified atom stereocenters. The van der Waals surface area contributed by atoms with Gasteiger partial charge in [0, 0.05) is 11.8 Å². The highest BCUT2D eigenvalue weighted by Crippen LogP contribution is 2.54. The van der Waals surface area contributed by atoms with Crippen molar-refractivity contribution in [2.24, 2.45) is 23.0 Å². The van der Waals surface area contributed by atoms with Crippen molar-refractivity contribution in [3.8, 4) is 18.2 Å². The van der Waals surface area contributed by atoms with E-state index in [9.17, 15) is 20.6 Å². The molecule has 0 amide bonds. The summed E-state index contributed by atoms with van der Waals surface area (Å²) in [4.78, 5) is 10.8. The van der Waals surface area contributed by atoms with Crippen LogP contribution in [-0.4, -0.2) is 10.5 Å². The van der Waals surface area contributed by atoms with Gasteiger partial charge < -0.3 is 5.73 Å². The van der Waals surface area contributed by atoms with Gasteiger partial charge in [0.15, 0.2) is 5.41 Å². The van der Waals surface area contributed by atoms with Crippen LogP contribution in [0.1, 0.15) is 20.8 Å². The molecule has 0 bridgehead atoms. The molecule has 0 aromatic rings. The third-order valence-electron chi connectivity index (χ3n) is 3.79. The third kappa shape index (κ3) is 1.47. The highest BCUT2D eigenvalue weighted by Gasteiger charge is 2.68. The molecule has 7 nitrogen and oxygen atoms in total. The first-order chi connectivity index (χ1) is 8.73. The summed E-state index contributed by atoms with van der Waals surface area (Å²) in [6, 6.07) is 5.25. The van der Waals surface area contributed by atoms with Crippen molar-refractivity contribution in [3.05, 3.63) is 21.4 Å². The van der Waals surface area contributed by atoms with Crippen molar-refractivity contribution in [2.45, 2.75) is 26.3 Å². The number of hydrogen-bond donors (Lipinski definition) is 1. The van der Waals surface area contributed by atoms with E-state index < -0.39 is 21.8 Å². The standard InChI is InChI=1S/C12H13N5O2/c1-7(2)9-11(3,17(18)19)10(16)8(4-13)12(9,5-14)6-15/h7,9H,16H2,1-3H3/t9-,11-/m1/s1. The quantitative estimate of drug-likeness (QED) is 0.580. The molecule has 0 aromatic heterocycles. The number of allylic oxidation sites excluding steroid dienone is 1. The molecule has 0 saturated carbocycles. The summed E-state index contributed by atoms with van der Waals surface area (Å²) in [5.74, 6) is -1.33.